The molecular weight excluding hydrogens is 226 g/mol. The molecule has 0 spiro atoms. The number of nitrogens with one attached hydrogen (secondary N) is 1. The first-order chi connectivity index (χ1) is 8.56. The molecule has 0 bridgehead atoms. The highest BCUT2D eigenvalue weighted by Gasteiger charge is 2.11. The van der Waals surface area contributed by atoms with Crippen LogP contribution < -0.4 is 5.32 Å². The molecule has 0 atom stereocenters. The van der Waals surface area contributed by atoms with Gasteiger partial charge in [0.1, 0.15) is 12.7 Å². The van der Waals surface area contributed by atoms with Gasteiger partial charge in [-0.25, -0.2) is 14.6 Å². The number of rotatable bonds is 4. The van der Waals surface area contributed by atoms with Crippen LogP contribution in [-0.4, -0.2) is 26.3 Å². The van der Waals surface area contributed by atoms with E-state index in [4.69, 9.17) is 0 Å². The summed E-state index contributed by atoms with van der Waals surface area (Å²) >= 11 is 0. The Morgan fingerprint density at radius 3 is 2.83 bits per heavy atom. The molecule has 2 heterocycles. The highest BCUT2D eigenvalue weighted by molar-refractivity contribution is 5.55. The second-order valence-electron chi connectivity index (χ2n) is 5.45. The Bertz CT molecular complexity index is 484. The van der Waals surface area contributed by atoms with E-state index < -0.39 is 0 Å². The Morgan fingerprint density at radius 2 is 2.17 bits per heavy atom. The molecular formula is C13H19N5. The highest BCUT2D eigenvalue weighted by Crippen LogP contribution is 2.20. The molecule has 2 aromatic heterocycles. The number of hydrogen-bond donors (Lipinski definition) is 1. The molecule has 2 aromatic rings. The summed E-state index contributed by atoms with van der Waals surface area (Å²) < 4.78 is 1.67. The molecule has 0 aromatic carbocycles. The molecule has 0 amide bonds. The number of pyridine rings is 1. The third kappa shape index (κ3) is 3.29. The van der Waals surface area contributed by atoms with Gasteiger partial charge in [-0.05, 0) is 24.0 Å². The van der Waals surface area contributed by atoms with Crippen LogP contribution in [0.15, 0.2) is 31.0 Å². The van der Waals surface area contributed by atoms with Crippen molar-refractivity contribution in [2.45, 2.75) is 27.2 Å². The number of aromatic nitrogens is 4. The maximum Gasteiger partial charge on any atom is 0.178 e. The summed E-state index contributed by atoms with van der Waals surface area (Å²) in [5.41, 5.74) is 1.30. The summed E-state index contributed by atoms with van der Waals surface area (Å²) in [6, 6.07) is 3.92. The summed E-state index contributed by atoms with van der Waals surface area (Å²) in [4.78, 5) is 8.28. The van der Waals surface area contributed by atoms with Gasteiger partial charge in [0.2, 0.25) is 0 Å². The van der Waals surface area contributed by atoms with Crippen molar-refractivity contribution in [2.24, 2.45) is 5.41 Å². The maximum atomic E-state index is 4.33. The topological polar surface area (TPSA) is 55.6 Å². The SMILES string of the molecule is CC(C)(C)CCNc1cccnc1-n1cncn1. The molecule has 0 aliphatic heterocycles. The predicted octanol–water partition coefficient (Wildman–Crippen LogP) is 2.51. The van der Waals surface area contributed by atoms with Gasteiger partial charge < -0.3 is 5.32 Å². The zero-order valence-electron chi connectivity index (χ0n) is 11.1. The molecule has 96 valence electrons. The molecule has 0 unspecified atom stereocenters. The second kappa shape index (κ2) is 5.16. The van der Waals surface area contributed by atoms with Crippen molar-refractivity contribution in [2.75, 3.05) is 11.9 Å². The van der Waals surface area contributed by atoms with Gasteiger partial charge in [-0.2, -0.15) is 5.10 Å². The predicted molar refractivity (Wildman–Crippen MR) is 71.7 cm³/mol. The van der Waals surface area contributed by atoms with E-state index >= 15 is 0 Å². The van der Waals surface area contributed by atoms with Crippen molar-refractivity contribution >= 4 is 5.69 Å². The van der Waals surface area contributed by atoms with Crippen molar-refractivity contribution in [3.63, 3.8) is 0 Å². The fourth-order valence-electron chi connectivity index (χ4n) is 1.61. The second-order valence-corrected chi connectivity index (χ2v) is 5.45. The Balaban J connectivity index is 2.09. The van der Waals surface area contributed by atoms with E-state index in [9.17, 15) is 0 Å². The minimum atomic E-state index is 0.322. The third-order valence-corrected chi connectivity index (χ3v) is 2.61. The van der Waals surface area contributed by atoms with Crippen molar-refractivity contribution in [3.05, 3.63) is 31.0 Å². The lowest BCUT2D eigenvalue weighted by Gasteiger charge is -2.19. The molecule has 0 radical (unpaired) electrons. The Morgan fingerprint density at radius 1 is 1.33 bits per heavy atom. The molecule has 0 fully saturated rings. The van der Waals surface area contributed by atoms with Gasteiger partial charge in [0, 0.05) is 12.7 Å². The van der Waals surface area contributed by atoms with Crippen LogP contribution >= 0.6 is 0 Å². The van der Waals surface area contributed by atoms with Gasteiger partial charge in [0.25, 0.3) is 0 Å². The molecule has 2 rings (SSSR count). The summed E-state index contributed by atoms with van der Waals surface area (Å²) in [6.45, 7) is 7.61. The van der Waals surface area contributed by atoms with Gasteiger partial charge in [0.05, 0.1) is 5.69 Å². The third-order valence-electron chi connectivity index (χ3n) is 2.61. The zero-order valence-corrected chi connectivity index (χ0v) is 11.1. The summed E-state index contributed by atoms with van der Waals surface area (Å²) in [6.07, 6.45) is 6.01. The lowest BCUT2D eigenvalue weighted by Crippen LogP contribution is -2.14. The van der Waals surface area contributed by atoms with Gasteiger partial charge in [-0.1, -0.05) is 20.8 Å². The van der Waals surface area contributed by atoms with Gasteiger partial charge in [-0.3, -0.25) is 0 Å². The summed E-state index contributed by atoms with van der Waals surface area (Å²) in [5, 5.41) is 7.51. The Hall–Kier alpha value is -1.91. The van der Waals surface area contributed by atoms with E-state index in [1.165, 1.54) is 6.33 Å². The highest BCUT2D eigenvalue weighted by atomic mass is 15.3. The smallest absolute Gasteiger partial charge is 0.178 e. The van der Waals surface area contributed by atoms with Gasteiger partial charge in [0.15, 0.2) is 5.82 Å². The molecule has 1 N–H and O–H groups in total. The van der Waals surface area contributed by atoms with Crippen molar-refractivity contribution < 1.29 is 0 Å². The van der Waals surface area contributed by atoms with Crippen molar-refractivity contribution in [3.8, 4) is 5.82 Å². The first-order valence-corrected chi connectivity index (χ1v) is 6.10. The fourth-order valence-corrected chi connectivity index (χ4v) is 1.61. The largest absolute Gasteiger partial charge is 0.382 e. The van der Waals surface area contributed by atoms with E-state index in [0.717, 1.165) is 24.5 Å². The molecule has 0 aliphatic rings. The minimum absolute atomic E-state index is 0.322. The number of hydrogen-bond acceptors (Lipinski definition) is 4. The number of anilines is 1. The van der Waals surface area contributed by atoms with E-state index in [0.29, 0.717) is 5.41 Å². The van der Waals surface area contributed by atoms with E-state index in [2.05, 4.69) is 41.2 Å². The van der Waals surface area contributed by atoms with Crippen LogP contribution in [0, 0.1) is 5.41 Å². The Labute approximate surface area is 107 Å². The van der Waals surface area contributed by atoms with E-state index in [1.54, 1.807) is 17.2 Å². The Kier molecular flexibility index (Phi) is 3.60. The van der Waals surface area contributed by atoms with Gasteiger partial charge in [-0.15, -0.1) is 0 Å². The van der Waals surface area contributed by atoms with Crippen LogP contribution in [0.3, 0.4) is 0 Å². The molecule has 5 heteroatoms. The normalized spacial score (nSPS) is 11.5. The van der Waals surface area contributed by atoms with Crippen LogP contribution in [0.4, 0.5) is 5.69 Å². The van der Waals surface area contributed by atoms with Crippen LogP contribution in [0.1, 0.15) is 27.2 Å². The monoisotopic (exact) mass is 245 g/mol. The first-order valence-electron chi connectivity index (χ1n) is 6.10. The molecule has 0 saturated carbocycles. The van der Waals surface area contributed by atoms with E-state index in [1.807, 2.05) is 12.1 Å². The number of nitrogens with zero attached hydrogens (tertiary/aromatic N) is 4. The summed E-state index contributed by atoms with van der Waals surface area (Å²) in [5.74, 6) is 0.781. The van der Waals surface area contributed by atoms with Crippen LogP contribution in [-0.2, 0) is 0 Å². The summed E-state index contributed by atoms with van der Waals surface area (Å²) in [7, 11) is 0. The maximum absolute atomic E-state index is 4.33. The first kappa shape index (κ1) is 12.5. The lowest BCUT2D eigenvalue weighted by molar-refractivity contribution is 0.390. The average Bonchev–Trinajstić information content (AvgIpc) is 2.81. The molecule has 0 aliphatic carbocycles. The minimum Gasteiger partial charge on any atom is -0.382 e. The average molecular weight is 245 g/mol. The molecule has 5 nitrogen and oxygen atoms in total. The van der Waals surface area contributed by atoms with E-state index in [-0.39, 0.29) is 0 Å². The van der Waals surface area contributed by atoms with Crippen molar-refractivity contribution in [1.29, 1.82) is 0 Å². The molecule has 0 saturated heterocycles. The lowest BCUT2D eigenvalue weighted by atomic mass is 9.92. The standard InChI is InChI=1S/C13H19N5/c1-13(2,3)6-8-15-11-5-4-7-16-12(11)18-10-14-9-17-18/h4-5,7,9-10,15H,6,8H2,1-3H3. The van der Waals surface area contributed by atoms with Crippen LogP contribution in [0.2, 0.25) is 0 Å². The molecule has 18 heavy (non-hydrogen) atoms. The van der Waals surface area contributed by atoms with Crippen LogP contribution in [0.5, 0.6) is 0 Å². The van der Waals surface area contributed by atoms with Crippen molar-refractivity contribution in [1.82, 2.24) is 19.7 Å². The quantitative estimate of drug-likeness (QED) is 0.899. The van der Waals surface area contributed by atoms with Gasteiger partial charge >= 0.3 is 0 Å². The van der Waals surface area contributed by atoms with Crippen LogP contribution in [0.25, 0.3) is 5.82 Å². The zero-order chi connectivity index (χ0) is 13.0. The fraction of sp³-hybridized carbons (Fsp3) is 0.462.